The molecule has 2 aliphatic rings. The zero-order valence-corrected chi connectivity index (χ0v) is 12.0. The number of hydrogen-bond acceptors (Lipinski definition) is 2. The first-order chi connectivity index (χ1) is 9.31. The highest BCUT2D eigenvalue weighted by molar-refractivity contribution is 5.51. The fraction of sp³-hybridized carbons (Fsp3) is 0.647. The molecule has 0 amide bonds. The Morgan fingerprint density at radius 1 is 1.26 bits per heavy atom. The summed E-state index contributed by atoms with van der Waals surface area (Å²) in [7, 11) is 0. The predicted molar refractivity (Wildman–Crippen MR) is 79.6 cm³/mol. The zero-order valence-electron chi connectivity index (χ0n) is 12.0. The summed E-state index contributed by atoms with van der Waals surface area (Å²) in [4.78, 5) is 0. The second-order valence-electron chi connectivity index (χ2n) is 6.08. The Hall–Kier alpha value is -1.02. The fourth-order valence-corrected chi connectivity index (χ4v) is 3.71. The second kappa shape index (κ2) is 5.54. The summed E-state index contributed by atoms with van der Waals surface area (Å²) in [5.41, 5.74) is 2.95. The van der Waals surface area contributed by atoms with Crippen LogP contribution in [0.25, 0.3) is 0 Å². The molecule has 1 aliphatic heterocycles. The maximum absolute atomic E-state index is 6.11. The molecule has 104 valence electrons. The lowest BCUT2D eigenvalue weighted by atomic mass is 9.88. The molecule has 1 atom stereocenters. The number of nitrogens with one attached hydrogen (secondary N) is 1. The smallest absolute Gasteiger partial charge is 0.0702 e. The Bertz CT molecular complexity index is 423. The van der Waals surface area contributed by atoms with Crippen molar-refractivity contribution in [3.05, 3.63) is 29.8 Å². The van der Waals surface area contributed by atoms with Gasteiger partial charge in [0.1, 0.15) is 0 Å². The minimum absolute atomic E-state index is 0.205. The maximum Gasteiger partial charge on any atom is 0.0702 e. The Morgan fingerprint density at radius 2 is 2.05 bits per heavy atom. The second-order valence-corrected chi connectivity index (χ2v) is 6.08. The van der Waals surface area contributed by atoms with Gasteiger partial charge in [-0.15, -0.1) is 0 Å². The largest absolute Gasteiger partial charge is 0.382 e. The van der Waals surface area contributed by atoms with Crippen molar-refractivity contribution in [1.82, 2.24) is 0 Å². The Labute approximate surface area is 116 Å². The third-order valence-electron chi connectivity index (χ3n) is 4.77. The number of hydrogen-bond donors (Lipinski definition) is 1. The van der Waals surface area contributed by atoms with E-state index < -0.39 is 0 Å². The van der Waals surface area contributed by atoms with E-state index in [1.165, 1.54) is 43.4 Å². The van der Waals surface area contributed by atoms with Crippen LogP contribution in [0.5, 0.6) is 0 Å². The monoisotopic (exact) mass is 259 g/mol. The van der Waals surface area contributed by atoms with Crippen LogP contribution in [0, 0.1) is 0 Å². The van der Waals surface area contributed by atoms with E-state index in [4.69, 9.17) is 4.74 Å². The average Bonchev–Trinajstić information content (AvgIpc) is 2.87. The highest BCUT2D eigenvalue weighted by atomic mass is 16.5. The van der Waals surface area contributed by atoms with Crippen LogP contribution >= 0.6 is 0 Å². The van der Waals surface area contributed by atoms with Gasteiger partial charge < -0.3 is 10.1 Å². The van der Waals surface area contributed by atoms with Gasteiger partial charge in [0.15, 0.2) is 0 Å². The highest BCUT2D eigenvalue weighted by Crippen LogP contribution is 2.40. The predicted octanol–water partition coefficient (Wildman–Crippen LogP) is 4.15. The molecule has 3 rings (SSSR count). The van der Waals surface area contributed by atoms with Crippen molar-refractivity contribution in [2.75, 3.05) is 11.9 Å². The molecule has 1 spiro atoms. The van der Waals surface area contributed by atoms with Gasteiger partial charge in [-0.1, -0.05) is 38.0 Å². The van der Waals surface area contributed by atoms with Crippen LogP contribution in [0.4, 0.5) is 5.69 Å². The number of aryl methyl sites for hydroxylation is 1. The molecule has 2 heteroatoms. The molecule has 2 nitrogen and oxygen atoms in total. The lowest BCUT2D eigenvalue weighted by molar-refractivity contribution is -0.0767. The summed E-state index contributed by atoms with van der Waals surface area (Å²) in [5.74, 6) is 0. The van der Waals surface area contributed by atoms with Crippen molar-refractivity contribution in [1.29, 1.82) is 0 Å². The van der Waals surface area contributed by atoms with Crippen molar-refractivity contribution in [3.63, 3.8) is 0 Å². The van der Waals surface area contributed by atoms with Crippen molar-refractivity contribution in [3.8, 4) is 0 Å². The van der Waals surface area contributed by atoms with Crippen LogP contribution in [-0.2, 0) is 11.2 Å². The average molecular weight is 259 g/mol. The molecular formula is C17H25NO. The van der Waals surface area contributed by atoms with E-state index in [2.05, 4.69) is 36.5 Å². The standard InChI is InChI=1S/C17H25NO/c1-2-14-7-3-4-8-16(14)18-15-9-12-19-17(13-15)10-5-6-11-17/h3-4,7-8,15,18H,2,5-6,9-13H2,1H3. The zero-order chi connectivity index (χ0) is 13.1. The maximum atomic E-state index is 6.11. The third kappa shape index (κ3) is 2.79. The van der Waals surface area contributed by atoms with E-state index in [0.29, 0.717) is 6.04 Å². The van der Waals surface area contributed by atoms with E-state index in [1.807, 2.05) is 0 Å². The number of ether oxygens (including phenoxy) is 1. The molecule has 1 aromatic rings. The molecule has 0 aromatic heterocycles. The first-order valence-electron chi connectivity index (χ1n) is 7.80. The summed E-state index contributed by atoms with van der Waals surface area (Å²) in [5, 5.41) is 3.77. The van der Waals surface area contributed by atoms with Gasteiger partial charge in [0.2, 0.25) is 0 Å². The Morgan fingerprint density at radius 3 is 2.84 bits per heavy atom. The van der Waals surface area contributed by atoms with Gasteiger partial charge in [0.05, 0.1) is 5.60 Å². The number of para-hydroxylation sites is 1. The molecule has 1 aliphatic carbocycles. The normalized spacial score (nSPS) is 25.6. The number of anilines is 1. The van der Waals surface area contributed by atoms with Crippen LogP contribution in [0.15, 0.2) is 24.3 Å². The lowest BCUT2D eigenvalue weighted by Gasteiger charge is -2.39. The van der Waals surface area contributed by atoms with Crippen LogP contribution in [-0.4, -0.2) is 18.2 Å². The quantitative estimate of drug-likeness (QED) is 0.880. The molecule has 2 fully saturated rings. The lowest BCUT2D eigenvalue weighted by Crippen LogP contribution is -2.42. The van der Waals surface area contributed by atoms with Gasteiger partial charge >= 0.3 is 0 Å². The third-order valence-corrected chi connectivity index (χ3v) is 4.77. The van der Waals surface area contributed by atoms with Gasteiger partial charge in [-0.25, -0.2) is 0 Å². The summed E-state index contributed by atoms with van der Waals surface area (Å²) in [6, 6.07) is 9.29. The van der Waals surface area contributed by atoms with Crippen molar-refractivity contribution in [2.45, 2.75) is 63.5 Å². The number of benzene rings is 1. The van der Waals surface area contributed by atoms with E-state index in [1.54, 1.807) is 0 Å². The van der Waals surface area contributed by atoms with Gasteiger partial charge in [-0.3, -0.25) is 0 Å². The van der Waals surface area contributed by atoms with Crippen LogP contribution in [0.3, 0.4) is 0 Å². The highest BCUT2D eigenvalue weighted by Gasteiger charge is 2.39. The van der Waals surface area contributed by atoms with Crippen LogP contribution < -0.4 is 5.32 Å². The van der Waals surface area contributed by atoms with Gasteiger partial charge in [-0.2, -0.15) is 0 Å². The molecule has 0 radical (unpaired) electrons. The molecular weight excluding hydrogens is 234 g/mol. The molecule has 1 aromatic carbocycles. The Balaban J connectivity index is 1.69. The van der Waals surface area contributed by atoms with E-state index >= 15 is 0 Å². The fourth-order valence-electron chi connectivity index (χ4n) is 3.71. The molecule has 1 heterocycles. The van der Waals surface area contributed by atoms with Gasteiger partial charge in [0, 0.05) is 18.3 Å². The molecule has 0 bridgehead atoms. The van der Waals surface area contributed by atoms with E-state index in [9.17, 15) is 0 Å². The van der Waals surface area contributed by atoms with Crippen molar-refractivity contribution >= 4 is 5.69 Å². The summed E-state index contributed by atoms with van der Waals surface area (Å²) >= 11 is 0. The van der Waals surface area contributed by atoms with Crippen LogP contribution in [0.2, 0.25) is 0 Å². The van der Waals surface area contributed by atoms with Gasteiger partial charge in [0.25, 0.3) is 0 Å². The first-order valence-corrected chi connectivity index (χ1v) is 7.80. The van der Waals surface area contributed by atoms with E-state index in [0.717, 1.165) is 19.4 Å². The summed E-state index contributed by atoms with van der Waals surface area (Å²) < 4.78 is 6.11. The van der Waals surface area contributed by atoms with Crippen molar-refractivity contribution in [2.24, 2.45) is 0 Å². The molecule has 1 unspecified atom stereocenters. The van der Waals surface area contributed by atoms with E-state index in [-0.39, 0.29) is 5.60 Å². The molecule has 1 N–H and O–H groups in total. The first kappa shape index (κ1) is 13.0. The molecule has 1 saturated carbocycles. The minimum atomic E-state index is 0.205. The SMILES string of the molecule is CCc1ccccc1NC1CCOC2(CCCC2)C1. The Kier molecular flexibility index (Phi) is 3.79. The molecule has 19 heavy (non-hydrogen) atoms. The minimum Gasteiger partial charge on any atom is -0.382 e. The molecule has 1 saturated heterocycles. The van der Waals surface area contributed by atoms with Crippen molar-refractivity contribution < 1.29 is 4.74 Å². The summed E-state index contributed by atoms with van der Waals surface area (Å²) in [6.07, 6.45) is 8.64. The van der Waals surface area contributed by atoms with Crippen LogP contribution in [0.1, 0.15) is 51.0 Å². The number of rotatable bonds is 3. The van der Waals surface area contributed by atoms with Gasteiger partial charge in [-0.05, 0) is 43.7 Å². The topological polar surface area (TPSA) is 21.3 Å². The summed E-state index contributed by atoms with van der Waals surface area (Å²) in [6.45, 7) is 3.15.